The first-order chi connectivity index (χ1) is 7.45. The zero-order chi connectivity index (χ0) is 12.6. The first-order valence-corrected chi connectivity index (χ1v) is 6.06. The fourth-order valence-corrected chi connectivity index (χ4v) is 1.09. The second-order valence-corrected chi connectivity index (χ2v) is 4.86. The Kier molecular flexibility index (Phi) is 8.21. The Morgan fingerprint density at radius 3 is 2.38 bits per heavy atom. The minimum Gasteiger partial charge on any atom is -0.380 e. The standard InChI is InChI=1S/C12H26N2O2/c1-9(2)5-7-16-8-6-14-12(15)11(13)10(3)4/h9-11H,5-8,13H2,1-4H3,(H,14,15). The highest BCUT2D eigenvalue weighted by Gasteiger charge is 2.15. The summed E-state index contributed by atoms with van der Waals surface area (Å²) in [7, 11) is 0. The van der Waals surface area contributed by atoms with Crippen LogP contribution in [-0.4, -0.2) is 31.7 Å². The Bertz CT molecular complexity index is 193. The summed E-state index contributed by atoms with van der Waals surface area (Å²) < 4.78 is 5.38. The van der Waals surface area contributed by atoms with Gasteiger partial charge in [-0.3, -0.25) is 4.79 Å². The largest absolute Gasteiger partial charge is 0.380 e. The van der Waals surface area contributed by atoms with Crippen LogP contribution in [0.25, 0.3) is 0 Å². The van der Waals surface area contributed by atoms with Crippen molar-refractivity contribution in [2.45, 2.75) is 40.2 Å². The smallest absolute Gasteiger partial charge is 0.237 e. The van der Waals surface area contributed by atoms with E-state index in [4.69, 9.17) is 10.5 Å². The Labute approximate surface area is 98.9 Å². The normalized spacial score (nSPS) is 13.2. The third-order valence-electron chi connectivity index (χ3n) is 2.41. The van der Waals surface area contributed by atoms with Gasteiger partial charge < -0.3 is 15.8 Å². The van der Waals surface area contributed by atoms with E-state index in [-0.39, 0.29) is 11.8 Å². The maximum Gasteiger partial charge on any atom is 0.237 e. The predicted octanol–water partition coefficient (Wildman–Crippen LogP) is 1.15. The molecule has 0 aliphatic heterocycles. The third kappa shape index (κ3) is 7.65. The van der Waals surface area contributed by atoms with E-state index in [1.54, 1.807) is 0 Å². The lowest BCUT2D eigenvalue weighted by Crippen LogP contribution is -2.44. The molecule has 0 spiro atoms. The van der Waals surface area contributed by atoms with Gasteiger partial charge in [-0.25, -0.2) is 0 Å². The van der Waals surface area contributed by atoms with Crippen LogP contribution < -0.4 is 11.1 Å². The summed E-state index contributed by atoms with van der Waals surface area (Å²) in [4.78, 5) is 11.4. The third-order valence-corrected chi connectivity index (χ3v) is 2.41. The summed E-state index contributed by atoms with van der Waals surface area (Å²) in [6.07, 6.45) is 1.06. The molecule has 3 N–H and O–H groups in total. The molecule has 0 aliphatic rings. The Balaban J connectivity index is 3.41. The molecule has 1 atom stereocenters. The van der Waals surface area contributed by atoms with Crippen LogP contribution in [0.3, 0.4) is 0 Å². The van der Waals surface area contributed by atoms with E-state index < -0.39 is 6.04 Å². The van der Waals surface area contributed by atoms with Crippen LogP contribution >= 0.6 is 0 Å². The van der Waals surface area contributed by atoms with E-state index in [1.165, 1.54) is 0 Å². The Hall–Kier alpha value is -0.610. The molecule has 0 bridgehead atoms. The molecular formula is C12H26N2O2. The molecule has 0 aromatic rings. The maximum atomic E-state index is 11.4. The van der Waals surface area contributed by atoms with Gasteiger partial charge in [-0.1, -0.05) is 27.7 Å². The average Bonchev–Trinajstić information content (AvgIpc) is 2.21. The molecular weight excluding hydrogens is 204 g/mol. The summed E-state index contributed by atoms with van der Waals surface area (Å²) in [5.41, 5.74) is 5.69. The van der Waals surface area contributed by atoms with Crippen LogP contribution in [0.2, 0.25) is 0 Å². The number of rotatable bonds is 8. The van der Waals surface area contributed by atoms with Crippen molar-refractivity contribution in [3.8, 4) is 0 Å². The van der Waals surface area contributed by atoms with Crippen molar-refractivity contribution in [2.75, 3.05) is 19.8 Å². The number of carbonyl (C=O) groups excluding carboxylic acids is 1. The van der Waals surface area contributed by atoms with Crippen molar-refractivity contribution in [1.29, 1.82) is 0 Å². The molecule has 96 valence electrons. The molecule has 0 rings (SSSR count). The van der Waals surface area contributed by atoms with Crippen molar-refractivity contribution in [3.05, 3.63) is 0 Å². The number of hydrogen-bond donors (Lipinski definition) is 2. The second-order valence-electron chi connectivity index (χ2n) is 4.86. The van der Waals surface area contributed by atoms with Gasteiger partial charge in [0.05, 0.1) is 12.6 Å². The number of ether oxygens (including phenoxy) is 1. The van der Waals surface area contributed by atoms with Gasteiger partial charge in [-0.2, -0.15) is 0 Å². The van der Waals surface area contributed by atoms with Gasteiger partial charge in [-0.05, 0) is 18.3 Å². The molecule has 0 aliphatic carbocycles. The van der Waals surface area contributed by atoms with Gasteiger partial charge in [0.1, 0.15) is 0 Å². The van der Waals surface area contributed by atoms with E-state index >= 15 is 0 Å². The number of nitrogens with one attached hydrogen (secondary N) is 1. The monoisotopic (exact) mass is 230 g/mol. The lowest BCUT2D eigenvalue weighted by molar-refractivity contribution is -0.123. The van der Waals surface area contributed by atoms with Crippen LogP contribution in [0.5, 0.6) is 0 Å². The second kappa shape index (κ2) is 8.53. The zero-order valence-electron chi connectivity index (χ0n) is 11.0. The lowest BCUT2D eigenvalue weighted by atomic mass is 10.1. The average molecular weight is 230 g/mol. The molecule has 1 unspecified atom stereocenters. The van der Waals surface area contributed by atoms with Crippen LogP contribution in [-0.2, 0) is 9.53 Å². The Morgan fingerprint density at radius 2 is 1.88 bits per heavy atom. The highest BCUT2D eigenvalue weighted by Crippen LogP contribution is 1.99. The molecule has 0 fully saturated rings. The number of nitrogens with two attached hydrogens (primary N) is 1. The van der Waals surface area contributed by atoms with Gasteiger partial charge in [0.15, 0.2) is 0 Å². The molecule has 16 heavy (non-hydrogen) atoms. The highest BCUT2D eigenvalue weighted by atomic mass is 16.5. The summed E-state index contributed by atoms with van der Waals surface area (Å²) in [5.74, 6) is 0.730. The van der Waals surface area contributed by atoms with E-state index in [9.17, 15) is 4.79 Å². The molecule has 0 heterocycles. The van der Waals surface area contributed by atoms with Gasteiger partial charge in [0, 0.05) is 13.2 Å². The van der Waals surface area contributed by atoms with Crippen LogP contribution in [0.4, 0.5) is 0 Å². The summed E-state index contributed by atoms with van der Waals surface area (Å²) in [5, 5.41) is 2.76. The summed E-state index contributed by atoms with van der Waals surface area (Å²) in [6.45, 7) is 10.0. The van der Waals surface area contributed by atoms with Crippen LogP contribution in [0.15, 0.2) is 0 Å². The van der Waals surface area contributed by atoms with Crippen molar-refractivity contribution < 1.29 is 9.53 Å². The molecule has 0 saturated carbocycles. The topological polar surface area (TPSA) is 64.3 Å². The van der Waals surface area contributed by atoms with Gasteiger partial charge >= 0.3 is 0 Å². The van der Waals surface area contributed by atoms with Gasteiger partial charge in [0.2, 0.25) is 5.91 Å². The zero-order valence-corrected chi connectivity index (χ0v) is 11.0. The van der Waals surface area contributed by atoms with Gasteiger partial charge in [0.25, 0.3) is 0 Å². The molecule has 0 aromatic carbocycles. The van der Waals surface area contributed by atoms with E-state index in [1.807, 2.05) is 13.8 Å². The van der Waals surface area contributed by atoms with Gasteiger partial charge in [-0.15, -0.1) is 0 Å². The number of amides is 1. The van der Waals surface area contributed by atoms with Crippen molar-refractivity contribution in [1.82, 2.24) is 5.32 Å². The highest BCUT2D eigenvalue weighted by molar-refractivity contribution is 5.81. The van der Waals surface area contributed by atoms with Crippen molar-refractivity contribution in [3.63, 3.8) is 0 Å². The quantitative estimate of drug-likeness (QED) is 0.615. The molecule has 0 aromatic heterocycles. The first kappa shape index (κ1) is 15.4. The minimum absolute atomic E-state index is 0.0949. The van der Waals surface area contributed by atoms with E-state index in [2.05, 4.69) is 19.2 Å². The lowest BCUT2D eigenvalue weighted by Gasteiger charge is -2.15. The molecule has 0 radical (unpaired) electrons. The molecule has 4 nitrogen and oxygen atoms in total. The summed E-state index contributed by atoms with van der Waals surface area (Å²) in [6, 6.07) is -0.421. The molecule has 1 amide bonds. The summed E-state index contributed by atoms with van der Waals surface area (Å²) >= 11 is 0. The number of carbonyl (C=O) groups is 1. The fourth-order valence-electron chi connectivity index (χ4n) is 1.09. The minimum atomic E-state index is -0.421. The van der Waals surface area contributed by atoms with Crippen LogP contribution in [0, 0.1) is 11.8 Å². The number of hydrogen-bond acceptors (Lipinski definition) is 3. The van der Waals surface area contributed by atoms with Crippen LogP contribution in [0.1, 0.15) is 34.1 Å². The molecule has 0 saturated heterocycles. The van der Waals surface area contributed by atoms with Crippen molar-refractivity contribution in [2.24, 2.45) is 17.6 Å². The molecule has 4 heteroatoms. The maximum absolute atomic E-state index is 11.4. The predicted molar refractivity (Wildman–Crippen MR) is 66.1 cm³/mol. The first-order valence-electron chi connectivity index (χ1n) is 6.06. The SMILES string of the molecule is CC(C)CCOCCNC(=O)C(N)C(C)C. The fraction of sp³-hybridized carbons (Fsp3) is 0.917. The van der Waals surface area contributed by atoms with Crippen molar-refractivity contribution >= 4 is 5.91 Å². The Morgan fingerprint density at radius 1 is 1.25 bits per heavy atom. The van der Waals surface area contributed by atoms with E-state index in [0.29, 0.717) is 19.1 Å². The van der Waals surface area contributed by atoms with E-state index in [0.717, 1.165) is 13.0 Å².